The summed E-state index contributed by atoms with van der Waals surface area (Å²) >= 11 is 1.72. The van der Waals surface area contributed by atoms with Gasteiger partial charge in [0.25, 0.3) is 11.8 Å². The van der Waals surface area contributed by atoms with Gasteiger partial charge in [-0.1, -0.05) is 12.1 Å². The summed E-state index contributed by atoms with van der Waals surface area (Å²) < 4.78 is 6.53. The zero-order valence-corrected chi connectivity index (χ0v) is 22.7. The Kier molecular flexibility index (Phi) is 8.58. The van der Waals surface area contributed by atoms with E-state index in [9.17, 15) is 14.4 Å². The summed E-state index contributed by atoms with van der Waals surface area (Å²) in [4.78, 5) is 50.1. The smallest absolute Gasteiger partial charge is 0.339 e. The van der Waals surface area contributed by atoms with Gasteiger partial charge in [-0.15, -0.1) is 23.7 Å². The monoisotopic (exact) mass is 581 g/mol. The molecule has 12 nitrogen and oxygen atoms in total. The molecule has 0 bridgehead atoms. The number of aromatic nitrogens is 4. The summed E-state index contributed by atoms with van der Waals surface area (Å²) in [6.07, 6.45) is 2.41. The lowest BCUT2D eigenvalue weighted by atomic mass is 10.1. The van der Waals surface area contributed by atoms with Crippen molar-refractivity contribution in [2.75, 3.05) is 11.9 Å². The normalized spacial score (nSPS) is 11.9. The molecule has 2 aromatic carbocycles. The molecule has 4 heterocycles. The number of aryl methyl sites for hydroxylation is 1. The lowest BCUT2D eigenvalue weighted by Gasteiger charge is -2.18. The van der Waals surface area contributed by atoms with Crippen LogP contribution in [0.4, 0.5) is 5.69 Å². The van der Waals surface area contributed by atoms with Gasteiger partial charge in [0.15, 0.2) is 12.3 Å². The standard InChI is InChI=1S/C17H13N5O5.C9H10N2S.ClH/c23-12-6-27-11-2-1-8(3-10(11)22-12)4-19-16(24)15-14-13(20-7-21-15)9(5-18-14)17(25)26;1-6-11-8-4-7(5-10)2-3-9(8)12-6;/h1-3,5,7,18H,4,6H2,(H,19,24)(H,22,23)(H,25,26);2-4H,5,10H2,1H3;1H. The van der Waals surface area contributed by atoms with Crippen LogP contribution in [0.3, 0.4) is 0 Å². The van der Waals surface area contributed by atoms with Crippen LogP contribution in [0.1, 0.15) is 37.0 Å². The molecule has 6 rings (SSSR count). The lowest BCUT2D eigenvalue weighted by molar-refractivity contribution is -0.118. The number of H-pyrrole nitrogens is 1. The Bertz CT molecular complexity index is 1740. The Morgan fingerprint density at radius 1 is 1.18 bits per heavy atom. The summed E-state index contributed by atoms with van der Waals surface area (Å²) in [7, 11) is 0. The number of halogens is 1. The SMILES string of the molecule is Cc1nc2cc(CN)ccc2s1.Cl.O=C1COc2ccc(CNC(=O)c3ncnc4c(C(=O)O)c[nH]c34)cc2N1. The second-order valence-electron chi connectivity index (χ2n) is 8.54. The molecule has 3 aromatic heterocycles. The number of amides is 2. The van der Waals surface area contributed by atoms with Gasteiger partial charge in [-0.2, -0.15) is 0 Å². The van der Waals surface area contributed by atoms with Gasteiger partial charge in [0.1, 0.15) is 23.2 Å². The lowest BCUT2D eigenvalue weighted by Crippen LogP contribution is -2.26. The van der Waals surface area contributed by atoms with Crippen LogP contribution >= 0.6 is 23.7 Å². The molecule has 0 radical (unpaired) electrons. The largest absolute Gasteiger partial charge is 0.482 e. The van der Waals surface area contributed by atoms with Crippen molar-refractivity contribution in [2.24, 2.45) is 5.73 Å². The number of thiazole rings is 1. The Labute approximate surface area is 237 Å². The molecule has 0 atom stereocenters. The van der Waals surface area contributed by atoms with Gasteiger partial charge in [0.05, 0.1) is 26.4 Å². The molecular formula is C26H24ClN7O5S. The minimum absolute atomic E-state index is 0. The van der Waals surface area contributed by atoms with Crippen molar-refractivity contribution in [1.29, 1.82) is 0 Å². The number of anilines is 1. The van der Waals surface area contributed by atoms with E-state index >= 15 is 0 Å². The Morgan fingerprint density at radius 2 is 1.98 bits per heavy atom. The van der Waals surface area contributed by atoms with E-state index < -0.39 is 11.9 Å². The molecule has 206 valence electrons. The fraction of sp³-hybridized carbons (Fsp3) is 0.154. The van der Waals surface area contributed by atoms with Crippen molar-refractivity contribution in [3.8, 4) is 5.75 Å². The van der Waals surface area contributed by atoms with E-state index in [1.807, 2.05) is 6.92 Å². The maximum Gasteiger partial charge on any atom is 0.339 e. The first kappa shape index (κ1) is 28.4. The van der Waals surface area contributed by atoms with Gasteiger partial charge in [0.2, 0.25) is 0 Å². The molecule has 2 amide bonds. The average Bonchev–Trinajstić information content (AvgIpc) is 3.54. The first-order valence-electron chi connectivity index (χ1n) is 11.8. The predicted molar refractivity (Wildman–Crippen MR) is 152 cm³/mol. The molecule has 0 spiro atoms. The number of aromatic carboxylic acids is 1. The summed E-state index contributed by atoms with van der Waals surface area (Å²) in [6, 6.07) is 11.4. The number of carbonyl (C=O) groups is 3. The molecule has 0 aliphatic carbocycles. The van der Waals surface area contributed by atoms with Gasteiger partial charge in [-0.05, 0) is 42.3 Å². The van der Waals surface area contributed by atoms with Crippen LogP contribution in [-0.4, -0.2) is 49.4 Å². The summed E-state index contributed by atoms with van der Waals surface area (Å²) in [5.41, 5.74) is 9.45. The maximum absolute atomic E-state index is 12.5. The highest BCUT2D eigenvalue weighted by molar-refractivity contribution is 7.18. The Balaban J connectivity index is 0.000000238. The number of carbonyl (C=O) groups excluding carboxylic acids is 2. The minimum atomic E-state index is -1.15. The van der Waals surface area contributed by atoms with Crippen molar-refractivity contribution in [2.45, 2.75) is 20.0 Å². The molecule has 1 aliphatic heterocycles. The van der Waals surface area contributed by atoms with Crippen molar-refractivity contribution in [3.63, 3.8) is 0 Å². The van der Waals surface area contributed by atoms with E-state index in [0.717, 1.165) is 28.0 Å². The van der Waals surface area contributed by atoms with Crippen LogP contribution < -0.4 is 21.1 Å². The molecule has 14 heteroatoms. The Hall–Kier alpha value is -4.59. The minimum Gasteiger partial charge on any atom is -0.482 e. The maximum atomic E-state index is 12.5. The van der Waals surface area contributed by atoms with Crippen LogP contribution in [0.5, 0.6) is 5.75 Å². The summed E-state index contributed by atoms with van der Waals surface area (Å²) in [6.45, 7) is 2.76. The first-order valence-corrected chi connectivity index (χ1v) is 12.6. The third-order valence-electron chi connectivity index (χ3n) is 5.83. The highest BCUT2D eigenvalue weighted by atomic mass is 35.5. The van der Waals surface area contributed by atoms with Crippen molar-refractivity contribution in [1.82, 2.24) is 25.3 Å². The molecular weight excluding hydrogens is 558 g/mol. The number of ether oxygens (including phenoxy) is 1. The third kappa shape index (κ3) is 6.01. The number of benzene rings is 2. The van der Waals surface area contributed by atoms with Crippen LogP contribution in [0.15, 0.2) is 48.9 Å². The van der Waals surface area contributed by atoms with E-state index in [1.54, 1.807) is 29.5 Å². The highest BCUT2D eigenvalue weighted by Crippen LogP contribution is 2.28. The van der Waals surface area contributed by atoms with Crippen LogP contribution in [0, 0.1) is 6.92 Å². The van der Waals surface area contributed by atoms with E-state index in [-0.39, 0.29) is 53.8 Å². The van der Waals surface area contributed by atoms with Crippen LogP contribution in [0.25, 0.3) is 21.3 Å². The number of aromatic amines is 1. The number of hydrogen-bond acceptors (Lipinski definition) is 9. The van der Waals surface area contributed by atoms with Crippen molar-refractivity contribution < 1.29 is 24.2 Å². The van der Waals surface area contributed by atoms with Gasteiger partial charge < -0.3 is 31.2 Å². The van der Waals surface area contributed by atoms with Crippen LogP contribution in [0.2, 0.25) is 0 Å². The number of nitrogens with zero attached hydrogens (tertiary/aromatic N) is 3. The van der Waals surface area contributed by atoms with Crippen molar-refractivity contribution >= 4 is 68.5 Å². The molecule has 0 saturated heterocycles. The van der Waals surface area contributed by atoms with E-state index in [0.29, 0.717) is 18.0 Å². The third-order valence-corrected chi connectivity index (χ3v) is 6.79. The predicted octanol–water partition coefficient (Wildman–Crippen LogP) is 3.40. The fourth-order valence-electron chi connectivity index (χ4n) is 4.00. The molecule has 1 aliphatic rings. The number of nitrogens with one attached hydrogen (secondary N) is 3. The van der Waals surface area contributed by atoms with Gasteiger partial charge in [-0.25, -0.2) is 19.7 Å². The average molecular weight is 582 g/mol. The second kappa shape index (κ2) is 12.1. The topological polar surface area (TPSA) is 185 Å². The quantitative estimate of drug-likeness (QED) is 0.207. The number of hydrogen-bond donors (Lipinski definition) is 5. The summed E-state index contributed by atoms with van der Waals surface area (Å²) in [5.74, 6) is -1.31. The Morgan fingerprint density at radius 3 is 2.75 bits per heavy atom. The van der Waals surface area contributed by atoms with E-state index in [4.69, 9.17) is 15.6 Å². The van der Waals surface area contributed by atoms with Gasteiger partial charge in [0, 0.05) is 19.3 Å². The summed E-state index contributed by atoms with van der Waals surface area (Å²) in [5, 5.41) is 15.7. The number of nitrogens with two attached hydrogens (primary N) is 1. The molecule has 0 fully saturated rings. The zero-order chi connectivity index (χ0) is 27.5. The van der Waals surface area contributed by atoms with Crippen LogP contribution in [-0.2, 0) is 17.9 Å². The molecule has 0 saturated carbocycles. The first-order chi connectivity index (χ1) is 18.8. The second-order valence-corrected chi connectivity index (χ2v) is 9.78. The van der Waals surface area contributed by atoms with Gasteiger partial charge >= 0.3 is 5.97 Å². The number of carboxylic acids is 1. The van der Waals surface area contributed by atoms with E-state index in [1.165, 1.54) is 10.9 Å². The van der Waals surface area contributed by atoms with Crippen molar-refractivity contribution in [3.05, 3.63) is 76.3 Å². The zero-order valence-electron chi connectivity index (χ0n) is 21.1. The molecule has 5 aromatic rings. The number of carboxylic acid groups (broad SMARTS) is 1. The van der Waals surface area contributed by atoms with Gasteiger partial charge in [-0.3, -0.25) is 9.59 Å². The molecule has 40 heavy (non-hydrogen) atoms. The highest BCUT2D eigenvalue weighted by Gasteiger charge is 2.20. The van der Waals surface area contributed by atoms with E-state index in [2.05, 4.69) is 48.8 Å². The molecule has 0 unspecified atom stereocenters. The number of fused-ring (bicyclic) bond motifs is 3. The molecule has 6 N–H and O–H groups in total. The fourth-order valence-corrected chi connectivity index (χ4v) is 4.80. The number of rotatable bonds is 5.